The van der Waals surface area contributed by atoms with Gasteiger partial charge in [0.05, 0.1) is 10.4 Å². The molecule has 0 radical (unpaired) electrons. The highest BCUT2D eigenvalue weighted by molar-refractivity contribution is 14.1. The molecule has 2 aromatic rings. The summed E-state index contributed by atoms with van der Waals surface area (Å²) in [5.41, 5.74) is 1.22. The summed E-state index contributed by atoms with van der Waals surface area (Å²) >= 11 is 17.7. The van der Waals surface area contributed by atoms with Crippen molar-refractivity contribution in [3.05, 3.63) is 66.4 Å². The molecule has 0 saturated carbocycles. The number of hydrogen-bond donors (Lipinski definition) is 0. The first-order valence-electron chi connectivity index (χ1n) is 5.03. The van der Waals surface area contributed by atoms with E-state index in [9.17, 15) is 4.39 Å². The van der Waals surface area contributed by atoms with Crippen LogP contribution in [-0.4, -0.2) is 0 Å². The first-order chi connectivity index (χ1) is 8.49. The molecule has 0 aliphatic rings. The van der Waals surface area contributed by atoms with E-state index in [-0.39, 0.29) is 5.82 Å². The van der Waals surface area contributed by atoms with Gasteiger partial charge in [-0.15, -0.1) is 11.6 Å². The van der Waals surface area contributed by atoms with Crippen LogP contribution >= 0.6 is 61.7 Å². The van der Waals surface area contributed by atoms with Gasteiger partial charge in [0, 0.05) is 13.6 Å². The maximum Gasteiger partial charge on any atom is 0.129 e. The van der Waals surface area contributed by atoms with Crippen LogP contribution < -0.4 is 0 Å². The van der Waals surface area contributed by atoms with Gasteiger partial charge in [-0.25, -0.2) is 4.39 Å². The third-order valence-electron chi connectivity index (χ3n) is 2.48. The molecular weight excluding hydrogens is 453 g/mol. The summed E-state index contributed by atoms with van der Waals surface area (Å²) < 4.78 is 15.5. The topological polar surface area (TPSA) is 0 Å². The second kappa shape index (κ2) is 6.07. The van der Waals surface area contributed by atoms with Crippen LogP contribution in [0.25, 0.3) is 0 Å². The molecule has 5 heteroatoms. The Balaban J connectivity index is 2.42. The summed E-state index contributed by atoms with van der Waals surface area (Å²) in [5.74, 6) is -0.371. The van der Waals surface area contributed by atoms with Crippen molar-refractivity contribution in [3.63, 3.8) is 0 Å². The zero-order chi connectivity index (χ0) is 13.3. The third-order valence-corrected chi connectivity index (χ3v) is 4.88. The molecule has 2 aromatic carbocycles. The minimum Gasteiger partial charge on any atom is -0.207 e. The molecule has 0 spiro atoms. The monoisotopic (exact) mass is 458 g/mol. The van der Waals surface area contributed by atoms with Gasteiger partial charge in [0.25, 0.3) is 0 Å². The molecular formula is C13H7BrCl2FI. The van der Waals surface area contributed by atoms with Crippen molar-refractivity contribution < 1.29 is 4.39 Å². The Morgan fingerprint density at radius 1 is 1.17 bits per heavy atom. The molecule has 0 bridgehead atoms. The van der Waals surface area contributed by atoms with Crippen LogP contribution in [0, 0.1) is 9.39 Å². The van der Waals surface area contributed by atoms with Gasteiger partial charge in [0.1, 0.15) is 5.82 Å². The van der Waals surface area contributed by atoms with E-state index in [4.69, 9.17) is 23.2 Å². The van der Waals surface area contributed by atoms with Crippen molar-refractivity contribution >= 4 is 61.7 Å². The lowest BCUT2D eigenvalue weighted by Crippen LogP contribution is -1.97. The van der Waals surface area contributed by atoms with E-state index >= 15 is 0 Å². The van der Waals surface area contributed by atoms with Gasteiger partial charge in [0.2, 0.25) is 0 Å². The Morgan fingerprint density at radius 3 is 2.39 bits per heavy atom. The minimum atomic E-state index is -0.549. The SMILES string of the molecule is Fc1cc(Br)c(Cl)cc1C(Cl)c1ccc(I)cc1. The van der Waals surface area contributed by atoms with E-state index in [1.807, 2.05) is 24.3 Å². The van der Waals surface area contributed by atoms with Crippen molar-refractivity contribution in [2.24, 2.45) is 0 Å². The van der Waals surface area contributed by atoms with Crippen molar-refractivity contribution in [3.8, 4) is 0 Å². The summed E-state index contributed by atoms with van der Waals surface area (Å²) in [4.78, 5) is 0. The van der Waals surface area contributed by atoms with Crippen LogP contribution in [-0.2, 0) is 0 Å². The van der Waals surface area contributed by atoms with Gasteiger partial charge in [-0.1, -0.05) is 23.7 Å². The highest BCUT2D eigenvalue weighted by Crippen LogP contribution is 2.35. The third kappa shape index (κ3) is 3.18. The summed E-state index contributed by atoms with van der Waals surface area (Å²) in [6.45, 7) is 0. The van der Waals surface area contributed by atoms with Crippen molar-refractivity contribution in [1.29, 1.82) is 0 Å². The van der Waals surface area contributed by atoms with Crippen LogP contribution in [0.1, 0.15) is 16.5 Å². The molecule has 0 aromatic heterocycles. The number of rotatable bonds is 2. The van der Waals surface area contributed by atoms with E-state index in [2.05, 4.69) is 38.5 Å². The first kappa shape index (κ1) is 14.6. The predicted octanol–water partition coefficient (Wildman–Crippen LogP) is 6.17. The number of halogens is 5. The molecule has 1 atom stereocenters. The van der Waals surface area contributed by atoms with E-state index < -0.39 is 5.38 Å². The Kier molecular flexibility index (Phi) is 4.92. The van der Waals surface area contributed by atoms with E-state index in [0.29, 0.717) is 15.1 Å². The molecule has 2 rings (SSSR count). The summed E-state index contributed by atoms with van der Waals surface area (Å²) in [5, 5.41) is -0.102. The minimum absolute atomic E-state index is 0.371. The molecule has 0 aliphatic heterocycles. The summed E-state index contributed by atoms with van der Waals surface area (Å²) in [7, 11) is 0. The van der Waals surface area contributed by atoms with Crippen molar-refractivity contribution in [1.82, 2.24) is 0 Å². The van der Waals surface area contributed by atoms with Crippen LogP contribution in [0.15, 0.2) is 40.9 Å². The van der Waals surface area contributed by atoms with Crippen LogP contribution in [0.3, 0.4) is 0 Å². The molecule has 0 heterocycles. The number of benzene rings is 2. The van der Waals surface area contributed by atoms with Gasteiger partial charge in [-0.3, -0.25) is 0 Å². The van der Waals surface area contributed by atoms with Gasteiger partial charge in [-0.05, 0) is 68.3 Å². The smallest absolute Gasteiger partial charge is 0.129 e. The molecule has 94 valence electrons. The first-order valence-corrected chi connectivity index (χ1v) is 7.71. The lowest BCUT2D eigenvalue weighted by atomic mass is 10.0. The largest absolute Gasteiger partial charge is 0.207 e. The Bertz CT molecular complexity index is 572. The maximum atomic E-state index is 13.9. The zero-order valence-corrected chi connectivity index (χ0v) is 14.2. The maximum absolute atomic E-state index is 13.9. The summed E-state index contributed by atoms with van der Waals surface area (Å²) in [6.07, 6.45) is 0. The van der Waals surface area contributed by atoms with E-state index in [0.717, 1.165) is 9.13 Å². The van der Waals surface area contributed by atoms with Crippen LogP contribution in [0.4, 0.5) is 4.39 Å². The average Bonchev–Trinajstić information content (AvgIpc) is 2.34. The molecule has 0 fully saturated rings. The lowest BCUT2D eigenvalue weighted by molar-refractivity contribution is 0.611. The van der Waals surface area contributed by atoms with E-state index in [1.165, 1.54) is 6.07 Å². The number of hydrogen-bond acceptors (Lipinski definition) is 0. The fourth-order valence-electron chi connectivity index (χ4n) is 1.54. The Morgan fingerprint density at radius 2 is 1.78 bits per heavy atom. The second-order valence-corrected chi connectivity index (χ2v) is 6.65. The fourth-order valence-corrected chi connectivity index (χ4v) is 2.70. The summed E-state index contributed by atoms with van der Waals surface area (Å²) in [6, 6.07) is 10.5. The molecule has 0 N–H and O–H groups in total. The van der Waals surface area contributed by atoms with Crippen molar-refractivity contribution in [2.75, 3.05) is 0 Å². The standard InChI is InChI=1S/C13H7BrCl2FI/c14-10-6-12(17)9(5-11(10)15)13(16)7-1-3-8(18)4-2-7/h1-6,13H. The second-order valence-electron chi connectivity index (χ2n) is 3.70. The molecule has 1 unspecified atom stereocenters. The highest BCUT2D eigenvalue weighted by atomic mass is 127. The Labute approximate surface area is 137 Å². The van der Waals surface area contributed by atoms with Crippen LogP contribution in [0.5, 0.6) is 0 Å². The number of alkyl halides is 1. The van der Waals surface area contributed by atoms with Gasteiger partial charge in [-0.2, -0.15) is 0 Å². The average molecular weight is 460 g/mol. The highest BCUT2D eigenvalue weighted by Gasteiger charge is 2.17. The van der Waals surface area contributed by atoms with Gasteiger partial charge in [0.15, 0.2) is 0 Å². The predicted molar refractivity (Wildman–Crippen MR) is 86.0 cm³/mol. The molecule has 0 nitrogen and oxygen atoms in total. The Hall–Kier alpha value is 0.160. The van der Waals surface area contributed by atoms with Crippen molar-refractivity contribution in [2.45, 2.75) is 5.38 Å². The molecule has 0 amide bonds. The van der Waals surface area contributed by atoms with Crippen LogP contribution in [0.2, 0.25) is 5.02 Å². The van der Waals surface area contributed by atoms with E-state index in [1.54, 1.807) is 6.07 Å². The normalized spacial score (nSPS) is 12.5. The quantitative estimate of drug-likeness (QED) is 0.286. The van der Waals surface area contributed by atoms with Gasteiger partial charge >= 0.3 is 0 Å². The lowest BCUT2D eigenvalue weighted by Gasteiger charge is -2.12. The molecule has 18 heavy (non-hydrogen) atoms. The fraction of sp³-hybridized carbons (Fsp3) is 0.0769. The molecule has 0 aliphatic carbocycles. The zero-order valence-electron chi connectivity index (χ0n) is 8.93. The molecule has 0 saturated heterocycles. The van der Waals surface area contributed by atoms with Gasteiger partial charge < -0.3 is 0 Å².